The highest BCUT2D eigenvalue weighted by Gasteiger charge is 2.18. The van der Waals surface area contributed by atoms with E-state index in [4.69, 9.17) is 11.0 Å². The third-order valence-corrected chi connectivity index (χ3v) is 2.68. The lowest BCUT2D eigenvalue weighted by Gasteiger charge is -2.26. The standard InChI is InChI=1S/C12H25N3/c1-11(9-12(2,3)10-14)5-8-15-7-4-6-13/h11,15H,4-5,7-10,14H2,1-3H3. The zero-order chi connectivity index (χ0) is 11.7. The molecule has 0 saturated heterocycles. The second-order valence-electron chi connectivity index (χ2n) is 5.12. The van der Waals surface area contributed by atoms with Gasteiger partial charge in [0.15, 0.2) is 0 Å². The van der Waals surface area contributed by atoms with E-state index >= 15 is 0 Å². The zero-order valence-electron chi connectivity index (χ0n) is 10.3. The summed E-state index contributed by atoms with van der Waals surface area (Å²) in [6.45, 7) is 9.26. The van der Waals surface area contributed by atoms with Crippen LogP contribution in [0.4, 0.5) is 0 Å². The Balaban J connectivity index is 3.50. The first kappa shape index (κ1) is 14.4. The Morgan fingerprint density at radius 1 is 1.40 bits per heavy atom. The molecular formula is C12H25N3. The molecule has 0 aromatic heterocycles. The fraction of sp³-hybridized carbons (Fsp3) is 0.917. The molecule has 0 aromatic carbocycles. The van der Waals surface area contributed by atoms with Crippen LogP contribution < -0.4 is 11.1 Å². The Kier molecular flexibility index (Phi) is 7.37. The minimum absolute atomic E-state index is 0.256. The molecule has 0 amide bonds. The molecule has 1 unspecified atom stereocenters. The molecule has 0 aliphatic rings. The number of nitriles is 1. The Morgan fingerprint density at radius 2 is 2.07 bits per heavy atom. The van der Waals surface area contributed by atoms with E-state index in [2.05, 4.69) is 32.2 Å². The van der Waals surface area contributed by atoms with Crippen molar-refractivity contribution >= 4 is 0 Å². The second-order valence-corrected chi connectivity index (χ2v) is 5.12. The average Bonchev–Trinajstić information content (AvgIpc) is 2.17. The summed E-state index contributed by atoms with van der Waals surface area (Å²) in [4.78, 5) is 0. The summed E-state index contributed by atoms with van der Waals surface area (Å²) in [5, 5.41) is 11.6. The van der Waals surface area contributed by atoms with Gasteiger partial charge in [-0.1, -0.05) is 20.8 Å². The molecule has 0 aliphatic carbocycles. The highest BCUT2D eigenvalue weighted by Crippen LogP contribution is 2.25. The van der Waals surface area contributed by atoms with Crippen LogP contribution in [0.1, 0.15) is 40.0 Å². The summed E-state index contributed by atoms with van der Waals surface area (Å²) in [6.07, 6.45) is 2.93. The Labute approximate surface area is 94.0 Å². The second kappa shape index (κ2) is 7.67. The summed E-state index contributed by atoms with van der Waals surface area (Å²) >= 11 is 0. The van der Waals surface area contributed by atoms with Gasteiger partial charge in [-0.25, -0.2) is 0 Å². The van der Waals surface area contributed by atoms with Gasteiger partial charge in [-0.15, -0.1) is 0 Å². The number of hydrogen-bond acceptors (Lipinski definition) is 3. The lowest BCUT2D eigenvalue weighted by molar-refractivity contribution is 0.276. The summed E-state index contributed by atoms with van der Waals surface area (Å²) in [5.74, 6) is 0.693. The van der Waals surface area contributed by atoms with Crippen molar-refractivity contribution in [2.45, 2.75) is 40.0 Å². The molecule has 1 atom stereocenters. The first-order chi connectivity index (χ1) is 7.02. The van der Waals surface area contributed by atoms with E-state index in [-0.39, 0.29) is 5.41 Å². The van der Waals surface area contributed by atoms with Crippen LogP contribution in [0.25, 0.3) is 0 Å². The van der Waals surface area contributed by atoms with Gasteiger partial charge < -0.3 is 11.1 Å². The molecule has 15 heavy (non-hydrogen) atoms. The van der Waals surface area contributed by atoms with Gasteiger partial charge in [0.1, 0.15) is 0 Å². The molecule has 0 bridgehead atoms. The molecule has 3 N–H and O–H groups in total. The van der Waals surface area contributed by atoms with Crippen LogP contribution in [0.15, 0.2) is 0 Å². The summed E-state index contributed by atoms with van der Waals surface area (Å²) in [6, 6.07) is 2.12. The van der Waals surface area contributed by atoms with E-state index in [1.165, 1.54) is 6.42 Å². The van der Waals surface area contributed by atoms with Crippen LogP contribution in [-0.4, -0.2) is 19.6 Å². The number of nitrogens with zero attached hydrogens (tertiary/aromatic N) is 1. The van der Waals surface area contributed by atoms with Crippen molar-refractivity contribution in [3.8, 4) is 6.07 Å². The molecule has 88 valence electrons. The topological polar surface area (TPSA) is 61.8 Å². The molecule has 0 rings (SSSR count). The van der Waals surface area contributed by atoms with Gasteiger partial charge in [-0.3, -0.25) is 0 Å². The van der Waals surface area contributed by atoms with Crippen LogP contribution in [0.5, 0.6) is 0 Å². The van der Waals surface area contributed by atoms with Crippen LogP contribution in [0.3, 0.4) is 0 Å². The maximum absolute atomic E-state index is 8.36. The van der Waals surface area contributed by atoms with Crippen molar-refractivity contribution < 1.29 is 0 Å². The van der Waals surface area contributed by atoms with Crippen LogP contribution in [0.2, 0.25) is 0 Å². The van der Waals surface area contributed by atoms with Gasteiger partial charge >= 0.3 is 0 Å². The van der Waals surface area contributed by atoms with Crippen molar-refractivity contribution in [1.82, 2.24) is 5.32 Å². The molecule has 0 saturated carbocycles. The van der Waals surface area contributed by atoms with Crippen molar-refractivity contribution in [2.24, 2.45) is 17.1 Å². The van der Waals surface area contributed by atoms with Crippen LogP contribution in [-0.2, 0) is 0 Å². The molecular weight excluding hydrogens is 186 g/mol. The molecule has 0 aliphatic heterocycles. The number of nitrogens with one attached hydrogen (secondary N) is 1. The maximum atomic E-state index is 8.36. The van der Waals surface area contributed by atoms with Gasteiger partial charge in [0, 0.05) is 13.0 Å². The summed E-state index contributed by atoms with van der Waals surface area (Å²) in [5.41, 5.74) is 5.95. The Bertz CT molecular complexity index is 194. The minimum atomic E-state index is 0.256. The first-order valence-corrected chi connectivity index (χ1v) is 5.79. The maximum Gasteiger partial charge on any atom is 0.0635 e. The molecule has 3 nitrogen and oxygen atoms in total. The third kappa shape index (κ3) is 8.41. The average molecular weight is 211 g/mol. The van der Waals surface area contributed by atoms with E-state index in [0.717, 1.165) is 26.1 Å². The molecule has 0 aromatic rings. The van der Waals surface area contributed by atoms with E-state index in [0.29, 0.717) is 12.3 Å². The van der Waals surface area contributed by atoms with Gasteiger partial charge in [0.2, 0.25) is 0 Å². The number of hydrogen-bond donors (Lipinski definition) is 2. The van der Waals surface area contributed by atoms with E-state index in [1.807, 2.05) is 0 Å². The monoisotopic (exact) mass is 211 g/mol. The predicted molar refractivity (Wildman–Crippen MR) is 64.3 cm³/mol. The van der Waals surface area contributed by atoms with Gasteiger partial charge in [-0.2, -0.15) is 5.26 Å². The Morgan fingerprint density at radius 3 is 2.60 bits per heavy atom. The lowest BCUT2D eigenvalue weighted by atomic mass is 9.82. The van der Waals surface area contributed by atoms with Gasteiger partial charge in [0.25, 0.3) is 0 Å². The Hall–Kier alpha value is -0.590. The first-order valence-electron chi connectivity index (χ1n) is 5.79. The SMILES string of the molecule is CC(CCNCCC#N)CC(C)(C)CN. The smallest absolute Gasteiger partial charge is 0.0635 e. The van der Waals surface area contributed by atoms with Crippen molar-refractivity contribution in [2.75, 3.05) is 19.6 Å². The predicted octanol–water partition coefficient (Wildman–Crippen LogP) is 1.89. The highest BCUT2D eigenvalue weighted by atomic mass is 14.8. The van der Waals surface area contributed by atoms with Crippen molar-refractivity contribution in [1.29, 1.82) is 5.26 Å². The van der Waals surface area contributed by atoms with E-state index < -0.39 is 0 Å². The van der Waals surface area contributed by atoms with Gasteiger partial charge in [-0.05, 0) is 37.3 Å². The van der Waals surface area contributed by atoms with E-state index in [1.54, 1.807) is 0 Å². The molecule has 0 heterocycles. The summed E-state index contributed by atoms with van der Waals surface area (Å²) in [7, 11) is 0. The number of nitrogens with two attached hydrogens (primary N) is 1. The van der Waals surface area contributed by atoms with E-state index in [9.17, 15) is 0 Å². The van der Waals surface area contributed by atoms with Crippen molar-refractivity contribution in [3.05, 3.63) is 0 Å². The molecule has 0 spiro atoms. The molecule has 0 fully saturated rings. The lowest BCUT2D eigenvalue weighted by Crippen LogP contribution is -2.27. The minimum Gasteiger partial charge on any atom is -0.330 e. The normalized spacial score (nSPS) is 13.5. The third-order valence-electron chi connectivity index (χ3n) is 2.68. The zero-order valence-corrected chi connectivity index (χ0v) is 10.3. The van der Waals surface area contributed by atoms with Crippen LogP contribution >= 0.6 is 0 Å². The molecule has 0 radical (unpaired) electrons. The fourth-order valence-electron chi connectivity index (χ4n) is 1.75. The van der Waals surface area contributed by atoms with Gasteiger partial charge in [0.05, 0.1) is 6.07 Å². The number of rotatable bonds is 8. The summed E-state index contributed by atoms with van der Waals surface area (Å²) < 4.78 is 0. The van der Waals surface area contributed by atoms with Crippen molar-refractivity contribution in [3.63, 3.8) is 0 Å². The quantitative estimate of drug-likeness (QED) is 0.603. The molecule has 3 heteroatoms. The fourth-order valence-corrected chi connectivity index (χ4v) is 1.75. The largest absolute Gasteiger partial charge is 0.330 e. The highest BCUT2D eigenvalue weighted by molar-refractivity contribution is 4.73. The van der Waals surface area contributed by atoms with Crippen LogP contribution in [0, 0.1) is 22.7 Å².